The third-order valence-electron chi connectivity index (χ3n) is 4.39. The van der Waals surface area contributed by atoms with Crippen LogP contribution in [0.2, 0.25) is 5.02 Å². The molecule has 7 nitrogen and oxygen atoms in total. The Morgan fingerprint density at radius 3 is 2.57 bits per heavy atom. The van der Waals surface area contributed by atoms with Gasteiger partial charge in [-0.3, -0.25) is 4.79 Å². The van der Waals surface area contributed by atoms with E-state index in [0.717, 1.165) is 5.56 Å². The summed E-state index contributed by atoms with van der Waals surface area (Å²) >= 11 is 6.28. The number of hydrogen-bond donors (Lipinski definition) is 0. The zero-order valence-corrected chi connectivity index (χ0v) is 16.7. The van der Waals surface area contributed by atoms with E-state index >= 15 is 0 Å². The number of ether oxygens (including phenoxy) is 2. The van der Waals surface area contributed by atoms with Crippen LogP contribution in [0.4, 0.5) is 5.95 Å². The molecule has 0 atom stereocenters. The highest BCUT2D eigenvalue weighted by Gasteiger charge is 2.21. The molecule has 1 aliphatic heterocycles. The van der Waals surface area contributed by atoms with Crippen LogP contribution in [0.5, 0.6) is 11.5 Å². The molecule has 8 heteroatoms. The number of rotatable bonds is 6. The zero-order chi connectivity index (χ0) is 19.9. The van der Waals surface area contributed by atoms with E-state index < -0.39 is 0 Å². The number of carbonyl (C=O) groups is 1. The fraction of sp³-hybridized carbons (Fsp3) is 0.350. The molecule has 3 rings (SSSR count). The highest BCUT2D eigenvalue weighted by Crippen LogP contribution is 2.36. The van der Waals surface area contributed by atoms with Crippen molar-refractivity contribution in [3.63, 3.8) is 0 Å². The number of aromatic nitrogens is 2. The van der Waals surface area contributed by atoms with E-state index in [1.54, 1.807) is 49.9 Å². The number of methoxy groups -OCH3 is 1. The van der Waals surface area contributed by atoms with Gasteiger partial charge >= 0.3 is 0 Å². The molecule has 148 valence electrons. The summed E-state index contributed by atoms with van der Waals surface area (Å²) in [5, 5.41) is 0.449. The van der Waals surface area contributed by atoms with Crippen LogP contribution in [0.3, 0.4) is 0 Å². The van der Waals surface area contributed by atoms with E-state index in [2.05, 4.69) is 14.9 Å². The molecule has 0 radical (unpaired) electrons. The summed E-state index contributed by atoms with van der Waals surface area (Å²) in [6.45, 7) is 5.01. The Balaban J connectivity index is 1.62. The molecule has 0 saturated carbocycles. The summed E-state index contributed by atoms with van der Waals surface area (Å²) in [7, 11) is 1.56. The number of amides is 1. The lowest BCUT2D eigenvalue weighted by molar-refractivity contribution is -0.126. The van der Waals surface area contributed by atoms with Crippen LogP contribution in [-0.2, 0) is 4.79 Å². The van der Waals surface area contributed by atoms with Crippen LogP contribution in [0.25, 0.3) is 6.08 Å². The maximum atomic E-state index is 12.5. The molecule has 1 fully saturated rings. The molecule has 0 unspecified atom stereocenters. The summed E-state index contributed by atoms with van der Waals surface area (Å²) in [5.74, 6) is 1.70. The highest BCUT2D eigenvalue weighted by molar-refractivity contribution is 6.32. The van der Waals surface area contributed by atoms with Crippen molar-refractivity contribution >= 4 is 29.5 Å². The Hall–Kier alpha value is -2.80. The van der Waals surface area contributed by atoms with Crippen molar-refractivity contribution in [2.75, 3.05) is 44.8 Å². The van der Waals surface area contributed by atoms with Gasteiger partial charge in [-0.05, 0) is 36.8 Å². The first-order chi connectivity index (χ1) is 13.6. The van der Waals surface area contributed by atoms with Crippen LogP contribution >= 0.6 is 11.6 Å². The van der Waals surface area contributed by atoms with Gasteiger partial charge in [0.05, 0.1) is 18.7 Å². The summed E-state index contributed by atoms with van der Waals surface area (Å²) in [5.41, 5.74) is 0.773. The molecule has 1 saturated heterocycles. The second kappa shape index (κ2) is 9.41. The van der Waals surface area contributed by atoms with Crippen LogP contribution in [0.1, 0.15) is 12.5 Å². The maximum absolute atomic E-state index is 12.5. The van der Waals surface area contributed by atoms with Gasteiger partial charge in [0.1, 0.15) is 0 Å². The molecule has 1 aromatic carbocycles. The fourth-order valence-electron chi connectivity index (χ4n) is 2.97. The lowest BCUT2D eigenvalue weighted by Crippen LogP contribution is -2.48. The quantitative estimate of drug-likeness (QED) is 0.692. The number of nitrogens with zero attached hydrogens (tertiary/aromatic N) is 4. The Labute approximate surface area is 169 Å². The van der Waals surface area contributed by atoms with Crippen molar-refractivity contribution in [1.29, 1.82) is 0 Å². The van der Waals surface area contributed by atoms with Crippen LogP contribution < -0.4 is 14.4 Å². The molecule has 2 heterocycles. The van der Waals surface area contributed by atoms with E-state index in [-0.39, 0.29) is 5.91 Å². The van der Waals surface area contributed by atoms with Crippen LogP contribution in [0, 0.1) is 0 Å². The maximum Gasteiger partial charge on any atom is 0.246 e. The number of carbonyl (C=O) groups excluding carboxylic acids is 1. The first-order valence-corrected chi connectivity index (χ1v) is 9.49. The third-order valence-corrected chi connectivity index (χ3v) is 4.67. The predicted octanol–water partition coefficient (Wildman–Crippen LogP) is 2.90. The predicted molar refractivity (Wildman–Crippen MR) is 109 cm³/mol. The van der Waals surface area contributed by atoms with Gasteiger partial charge in [0, 0.05) is 44.6 Å². The molecular weight excluding hydrogens is 380 g/mol. The molecule has 1 aliphatic rings. The van der Waals surface area contributed by atoms with Crippen LogP contribution in [-0.4, -0.2) is 60.7 Å². The number of halogens is 1. The summed E-state index contributed by atoms with van der Waals surface area (Å²) in [6.07, 6.45) is 6.73. The molecule has 1 amide bonds. The van der Waals surface area contributed by atoms with Gasteiger partial charge < -0.3 is 19.3 Å². The van der Waals surface area contributed by atoms with Gasteiger partial charge in [-0.1, -0.05) is 11.6 Å². The largest absolute Gasteiger partial charge is 0.493 e. The van der Waals surface area contributed by atoms with Gasteiger partial charge in [0.25, 0.3) is 0 Å². The molecular formula is C20H23ClN4O3. The Morgan fingerprint density at radius 1 is 1.21 bits per heavy atom. The van der Waals surface area contributed by atoms with E-state index in [1.165, 1.54) is 0 Å². The van der Waals surface area contributed by atoms with E-state index in [9.17, 15) is 4.79 Å². The van der Waals surface area contributed by atoms with E-state index in [0.29, 0.717) is 55.3 Å². The average molecular weight is 403 g/mol. The van der Waals surface area contributed by atoms with Gasteiger partial charge in [-0.15, -0.1) is 0 Å². The second-order valence-corrected chi connectivity index (χ2v) is 6.57. The lowest BCUT2D eigenvalue weighted by atomic mass is 10.1. The third kappa shape index (κ3) is 4.72. The molecule has 0 bridgehead atoms. The molecule has 0 aliphatic carbocycles. The van der Waals surface area contributed by atoms with Crippen molar-refractivity contribution in [2.45, 2.75) is 6.92 Å². The van der Waals surface area contributed by atoms with Gasteiger partial charge in [-0.2, -0.15) is 0 Å². The van der Waals surface area contributed by atoms with Crippen molar-refractivity contribution < 1.29 is 14.3 Å². The Morgan fingerprint density at radius 2 is 1.93 bits per heavy atom. The Kier molecular flexibility index (Phi) is 6.71. The summed E-state index contributed by atoms with van der Waals surface area (Å²) in [4.78, 5) is 24.9. The number of benzene rings is 1. The topological polar surface area (TPSA) is 67.8 Å². The normalized spacial score (nSPS) is 14.4. The van der Waals surface area contributed by atoms with Crippen LogP contribution in [0.15, 0.2) is 36.7 Å². The monoisotopic (exact) mass is 402 g/mol. The number of hydrogen-bond acceptors (Lipinski definition) is 6. The number of piperazine rings is 1. The second-order valence-electron chi connectivity index (χ2n) is 6.16. The van der Waals surface area contributed by atoms with E-state index in [4.69, 9.17) is 21.1 Å². The minimum absolute atomic E-state index is 0.0439. The fourth-order valence-corrected chi connectivity index (χ4v) is 3.25. The SMILES string of the molecule is CCOc1c(Cl)cc(/C=C/C(=O)N2CCN(c3ncccn3)CC2)cc1OC. The van der Waals surface area contributed by atoms with Crippen molar-refractivity contribution in [1.82, 2.24) is 14.9 Å². The van der Waals surface area contributed by atoms with Gasteiger partial charge in [0.2, 0.25) is 11.9 Å². The first kappa shape index (κ1) is 19.9. The minimum Gasteiger partial charge on any atom is -0.493 e. The standard InChI is InChI=1S/C20H23ClN4O3/c1-3-28-19-16(21)13-15(14-17(19)27-2)5-6-18(26)24-9-11-25(12-10-24)20-22-7-4-8-23-20/h4-8,13-14H,3,9-12H2,1-2H3/b6-5+. The molecule has 28 heavy (non-hydrogen) atoms. The molecule has 2 aromatic rings. The zero-order valence-electron chi connectivity index (χ0n) is 16.0. The minimum atomic E-state index is -0.0439. The van der Waals surface area contributed by atoms with Crippen molar-refractivity contribution in [3.05, 3.63) is 47.3 Å². The van der Waals surface area contributed by atoms with Crippen molar-refractivity contribution in [2.24, 2.45) is 0 Å². The smallest absolute Gasteiger partial charge is 0.246 e. The van der Waals surface area contributed by atoms with Gasteiger partial charge in [0.15, 0.2) is 11.5 Å². The first-order valence-electron chi connectivity index (χ1n) is 9.11. The molecule has 0 spiro atoms. The van der Waals surface area contributed by atoms with Gasteiger partial charge in [-0.25, -0.2) is 9.97 Å². The summed E-state index contributed by atoms with van der Waals surface area (Å²) < 4.78 is 10.9. The Bertz CT molecular complexity index is 837. The molecule has 0 N–H and O–H groups in total. The number of anilines is 1. The lowest BCUT2D eigenvalue weighted by Gasteiger charge is -2.34. The van der Waals surface area contributed by atoms with Crippen molar-refractivity contribution in [3.8, 4) is 11.5 Å². The van der Waals surface area contributed by atoms with E-state index in [1.807, 2.05) is 11.8 Å². The average Bonchev–Trinajstić information content (AvgIpc) is 2.74. The summed E-state index contributed by atoms with van der Waals surface area (Å²) in [6, 6.07) is 5.34. The highest BCUT2D eigenvalue weighted by atomic mass is 35.5. The molecule has 1 aromatic heterocycles.